The second-order valence-corrected chi connectivity index (χ2v) is 6.16. The van der Waals surface area contributed by atoms with Gasteiger partial charge in [0.2, 0.25) is 0 Å². The molecule has 0 saturated heterocycles. The quantitative estimate of drug-likeness (QED) is 0.505. The number of amides is 1. The van der Waals surface area contributed by atoms with E-state index in [9.17, 15) is 19.7 Å². The van der Waals surface area contributed by atoms with Gasteiger partial charge in [-0.15, -0.1) is 11.3 Å². The maximum atomic E-state index is 12.1. The molecule has 0 aliphatic heterocycles. The third kappa shape index (κ3) is 3.93. The number of aryl methyl sites for hydroxylation is 2. The molecule has 0 aliphatic rings. The molecule has 8 nitrogen and oxygen atoms in total. The number of para-hydroxylation sites is 2. The number of carbonyl (C=O) groups excluding carboxylic acids is 2. The molecule has 0 fully saturated rings. The summed E-state index contributed by atoms with van der Waals surface area (Å²) in [6.45, 7) is 4.84. The average Bonchev–Trinajstić information content (AvgIpc) is 2.86. The van der Waals surface area contributed by atoms with Crippen LogP contribution < -0.4 is 5.32 Å². The Morgan fingerprint density at radius 2 is 2.00 bits per heavy atom. The first kappa shape index (κ1) is 17.5. The Labute approximate surface area is 141 Å². The molecule has 0 radical (unpaired) electrons. The average molecular weight is 349 g/mol. The van der Waals surface area contributed by atoms with Crippen molar-refractivity contribution in [2.45, 2.75) is 26.9 Å². The van der Waals surface area contributed by atoms with Gasteiger partial charge in [0.15, 0.2) is 6.10 Å². The minimum atomic E-state index is -1.11. The van der Waals surface area contributed by atoms with Crippen LogP contribution >= 0.6 is 11.3 Å². The van der Waals surface area contributed by atoms with Gasteiger partial charge >= 0.3 is 5.97 Å². The molecule has 0 bridgehead atoms. The van der Waals surface area contributed by atoms with E-state index in [0.29, 0.717) is 10.6 Å². The minimum Gasteiger partial charge on any atom is -0.448 e. The first-order valence-electron chi connectivity index (χ1n) is 6.99. The molecule has 0 saturated carbocycles. The van der Waals surface area contributed by atoms with Crippen molar-refractivity contribution in [3.05, 3.63) is 50.0 Å². The lowest BCUT2D eigenvalue weighted by atomic mass is 10.2. The van der Waals surface area contributed by atoms with Gasteiger partial charge < -0.3 is 10.1 Å². The van der Waals surface area contributed by atoms with Crippen molar-refractivity contribution in [1.82, 2.24) is 4.98 Å². The minimum absolute atomic E-state index is 0.0419. The summed E-state index contributed by atoms with van der Waals surface area (Å²) in [5, 5.41) is 14.1. The molecule has 1 aromatic heterocycles. The van der Waals surface area contributed by atoms with Crippen molar-refractivity contribution < 1.29 is 19.2 Å². The van der Waals surface area contributed by atoms with E-state index in [1.165, 1.54) is 36.5 Å². The fourth-order valence-electron chi connectivity index (χ4n) is 1.96. The smallest absolute Gasteiger partial charge is 0.351 e. The number of nitro groups is 1. The standard InChI is InChI=1S/C15H15N3O5S/c1-8-13(24-10(3)16-8)15(20)23-9(2)14(19)17-11-6-4-5-7-12(11)18(21)22/h4-7,9H,1-3H3,(H,17,19)/t9-/m0/s1. The van der Waals surface area contributed by atoms with E-state index in [4.69, 9.17) is 4.74 Å². The second-order valence-electron chi connectivity index (χ2n) is 4.96. The van der Waals surface area contributed by atoms with Crippen molar-refractivity contribution in [1.29, 1.82) is 0 Å². The number of rotatable bonds is 5. The van der Waals surface area contributed by atoms with E-state index in [2.05, 4.69) is 10.3 Å². The van der Waals surface area contributed by atoms with Crippen LogP contribution in [0.2, 0.25) is 0 Å². The first-order chi connectivity index (χ1) is 11.3. The number of hydrogen-bond acceptors (Lipinski definition) is 7. The van der Waals surface area contributed by atoms with Gasteiger partial charge in [0.1, 0.15) is 10.6 Å². The van der Waals surface area contributed by atoms with Gasteiger partial charge in [-0.25, -0.2) is 9.78 Å². The number of ether oxygens (including phenoxy) is 1. The number of nitro benzene ring substituents is 1. The molecular weight excluding hydrogens is 334 g/mol. The number of nitrogens with zero attached hydrogens (tertiary/aromatic N) is 2. The van der Waals surface area contributed by atoms with E-state index in [1.54, 1.807) is 19.9 Å². The Bertz CT molecular complexity index is 802. The fraction of sp³-hybridized carbons (Fsp3) is 0.267. The summed E-state index contributed by atoms with van der Waals surface area (Å²) in [5.41, 5.74) is 0.340. The highest BCUT2D eigenvalue weighted by Crippen LogP contribution is 2.24. The molecule has 126 valence electrons. The molecule has 2 aromatic rings. The summed E-state index contributed by atoms with van der Waals surface area (Å²) in [7, 11) is 0. The molecule has 1 aromatic carbocycles. The van der Waals surface area contributed by atoms with Crippen LogP contribution in [0.3, 0.4) is 0 Å². The van der Waals surface area contributed by atoms with Gasteiger partial charge in [-0.3, -0.25) is 14.9 Å². The largest absolute Gasteiger partial charge is 0.448 e. The Kier molecular flexibility index (Phi) is 5.24. The number of hydrogen-bond donors (Lipinski definition) is 1. The van der Waals surface area contributed by atoms with Crippen LogP contribution in [0.5, 0.6) is 0 Å². The molecule has 1 atom stereocenters. The number of aromatic nitrogens is 1. The molecule has 0 unspecified atom stereocenters. The summed E-state index contributed by atoms with van der Waals surface area (Å²) in [5.74, 6) is -1.31. The van der Waals surface area contributed by atoms with Crippen LogP contribution in [0, 0.1) is 24.0 Å². The van der Waals surface area contributed by atoms with Crippen molar-refractivity contribution in [3.63, 3.8) is 0 Å². The van der Waals surface area contributed by atoms with E-state index in [-0.39, 0.29) is 11.4 Å². The van der Waals surface area contributed by atoms with Gasteiger partial charge in [0, 0.05) is 6.07 Å². The van der Waals surface area contributed by atoms with E-state index < -0.39 is 22.9 Å². The van der Waals surface area contributed by atoms with Crippen molar-refractivity contribution in [2.24, 2.45) is 0 Å². The molecular formula is C15H15N3O5S. The monoisotopic (exact) mass is 349 g/mol. The maximum absolute atomic E-state index is 12.1. The van der Waals surface area contributed by atoms with Crippen LogP contribution in [0.1, 0.15) is 27.3 Å². The van der Waals surface area contributed by atoms with Crippen LogP contribution in [0.4, 0.5) is 11.4 Å². The Morgan fingerprint density at radius 3 is 2.58 bits per heavy atom. The normalized spacial score (nSPS) is 11.6. The summed E-state index contributed by atoms with van der Waals surface area (Å²) in [6.07, 6.45) is -1.11. The summed E-state index contributed by atoms with van der Waals surface area (Å²) >= 11 is 1.18. The number of esters is 1. The predicted molar refractivity (Wildman–Crippen MR) is 88.2 cm³/mol. The SMILES string of the molecule is Cc1nc(C)c(C(=O)O[C@@H](C)C(=O)Nc2ccccc2[N+](=O)[O-])s1. The third-order valence-corrected chi connectivity index (χ3v) is 4.15. The van der Waals surface area contributed by atoms with Crippen molar-refractivity contribution >= 4 is 34.6 Å². The third-order valence-electron chi connectivity index (χ3n) is 3.10. The number of benzene rings is 1. The number of thiazole rings is 1. The second kappa shape index (κ2) is 7.18. The summed E-state index contributed by atoms with van der Waals surface area (Å²) < 4.78 is 5.11. The molecule has 24 heavy (non-hydrogen) atoms. The van der Waals surface area contributed by atoms with E-state index in [1.807, 2.05) is 0 Å². The molecule has 1 N–H and O–H groups in total. The highest BCUT2D eigenvalue weighted by molar-refractivity contribution is 7.13. The molecule has 9 heteroatoms. The molecule has 0 spiro atoms. The van der Waals surface area contributed by atoms with Crippen LogP contribution in [0.25, 0.3) is 0 Å². The maximum Gasteiger partial charge on any atom is 0.351 e. The van der Waals surface area contributed by atoms with E-state index >= 15 is 0 Å². The van der Waals surface area contributed by atoms with Gasteiger partial charge in [0.05, 0.1) is 15.6 Å². The van der Waals surface area contributed by atoms with Gasteiger partial charge in [-0.2, -0.15) is 0 Å². The van der Waals surface area contributed by atoms with Gasteiger partial charge in [-0.1, -0.05) is 12.1 Å². The lowest BCUT2D eigenvalue weighted by Crippen LogP contribution is -2.30. The lowest BCUT2D eigenvalue weighted by Gasteiger charge is -2.13. The van der Waals surface area contributed by atoms with Crippen molar-refractivity contribution in [2.75, 3.05) is 5.32 Å². The topological polar surface area (TPSA) is 111 Å². The number of nitrogens with one attached hydrogen (secondary N) is 1. The lowest BCUT2D eigenvalue weighted by molar-refractivity contribution is -0.383. The predicted octanol–water partition coefficient (Wildman–Crippen LogP) is 2.85. The fourth-order valence-corrected chi connectivity index (χ4v) is 2.76. The zero-order chi connectivity index (χ0) is 17.9. The molecule has 0 aliphatic carbocycles. The zero-order valence-electron chi connectivity index (χ0n) is 13.2. The number of anilines is 1. The molecule has 1 amide bonds. The Hall–Kier alpha value is -2.81. The highest BCUT2D eigenvalue weighted by Gasteiger charge is 2.24. The summed E-state index contributed by atoms with van der Waals surface area (Å²) in [4.78, 5) is 39.0. The zero-order valence-corrected chi connectivity index (χ0v) is 14.0. The van der Waals surface area contributed by atoms with Crippen LogP contribution in [-0.2, 0) is 9.53 Å². The van der Waals surface area contributed by atoms with E-state index in [0.717, 1.165) is 5.01 Å². The van der Waals surface area contributed by atoms with Crippen LogP contribution in [-0.4, -0.2) is 27.9 Å². The summed E-state index contributed by atoms with van der Waals surface area (Å²) in [6, 6.07) is 5.73. The first-order valence-corrected chi connectivity index (χ1v) is 7.80. The molecule has 2 rings (SSSR count). The van der Waals surface area contributed by atoms with Gasteiger partial charge in [0.25, 0.3) is 11.6 Å². The van der Waals surface area contributed by atoms with Crippen LogP contribution in [0.15, 0.2) is 24.3 Å². The van der Waals surface area contributed by atoms with Gasteiger partial charge in [-0.05, 0) is 26.8 Å². The number of carbonyl (C=O) groups is 2. The molecule has 1 heterocycles. The van der Waals surface area contributed by atoms with Crippen molar-refractivity contribution in [3.8, 4) is 0 Å². The Balaban J connectivity index is 2.06. The highest BCUT2D eigenvalue weighted by atomic mass is 32.1. The Morgan fingerprint density at radius 1 is 1.33 bits per heavy atom.